The van der Waals surface area contributed by atoms with Crippen LogP contribution in [0.3, 0.4) is 0 Å². The van der Waals surface area contributed by atoms with Crippen molar-refractivity contribution >= 4 is 21.8 Å². The molecule has 0 fully saturated rings. The number of nitrogens with one attached hydrogen (secondary N) is 1. The van der Waals surface area contributed by atoms with Crippen LogP contribution in [-0.4, -0.2) is 42.9 Å². The fourth-order valence-corrected chi connectivity index (χ4v) is 4.04. The van der Waals surface area contributed by atoms with E-state index in [0.717, 1.165) is 16.6 Å². The van der Waals surface area contributed by atoms with Gasteiger partial charge in [0.15, 0.2) is 11.6 Å². The second-order valence-corrected chi connectivity index (χ2v) is 9.08. The first-order valence-electron chi connectivity index (χ1n) is 9.42. The molecule has 0 saturated carbocycles. The topological polar surface area (TPSA) is 133 Å². The summed E-state index contributed by atoms with van der Waals surface area (Å²) >= 11 is 0. The van der Waals surface area contributed by atoms with Gasteiger partial charge >= 0.3 is 0 Å². The Morgan fingerprint density at radius 2 is 1.81 bits per heavy atom. The number of nitriles is 1. The van der Waals surface area contributed by atoms with Crippen LogP contribution in [0.25, 0.3) is 11.1 Å². The van der Waals surface area contributed by atoms with E-state index in [1.165, 1.54) is 43.3 Å². The van der Waals surface area contributed by atoms with Crippen molar-refractivity contribution in [2.24, 2.45) is 5.73 Å². The number of amides is 2. The molecule has 0 aliphatic carbocycles. The third kappa shape index (κ3) is 6.32. The van der Waals surface area contributed by atoms with E-state index in [4.69, 9.17) is 11.0 Å². The summed E-state index contributed by atoms with van der Waals surface area (Å²) in [5.74, 6) is -3.55. The maximum atomic E-state index is 14.0. The Morgan fingerprint density at radius 1 is 1.19 bits per heavy atom. The zero-order valence-electron chi connectivity index (χ0n) is 17.4. The molecule has 2 aromatic carbocycles. The van der Waals surface area contributed by atoms with Gasteiger partial charge in [-0.25, -0.2) is 17.2 Å². The first-order chi connectivity index (χ1) is 14.9. The minimum absolute atomic E-state index is 0.0567. The van der Waals surface area contributed by atoms with Gasteiger partial charge in [0.2, 0.25) is 21.8 Å². The first kappa shape index (κ1) is 24.9. The Bertz CT molecular complexity index is 1150. The van der Waals surface area contributed by atoms with Crippen LogP contribution in [0.1, 0.15) is 18.9 Å². The number of hydrogen-bond donors (Lipinski definition) is 2. The molecule has 2 rings (SSSR count). The van der Waals surface area contributed by atoms with Crippen molar-refractivity contribution < 1.29 is 26.8 Å². The molecule has 2 amide bonds. The Kier molecular flexibility index (Phi) is 8.02. The third-order valence-corrected chi connectivity index (χ3v) is 5.97. The summed E-state index contributed by atoms with van der Waals surface area (Å²) in [6, 6.07) is 9.22. The summed E-state index contributed by atoms with van der Waals surface area (Å²) in [6.07, 6.45) is 0.518. The molecule has 0 spiro atoms. The fourth-order valence-electron chi connectivity index (χ4n) is 2.99. The van der Waals surface area contributed by atoms with E-state index in [-0.39, 0.29) is 12.1 Å². The molecule has 0 aliphatic rings. The molecule has 0 saturated heterocycles. The number of benzene rings is 2. The van der Waals surface area contributed by atoms with Crippen LogP contribution >= 0.6 is 0 Å². The van der Waals surface area contributed by atoms with Gasteiger partial charge in [0, 0.05) is 12.1 Å². The van der Waals surface area contributed by atoms with Gasteiger partial charge < -0.3 is 11.1 Å². The van der Waals surface area contributed by atoms with Crippen molar-refractivity contribution in [1.82, 2.24) is 9.62 Å². The number of hydrogen-bond acceptors (Lipinski definition) is 5. The van der Waals surface area contributed by atoms with Crippen LogP contribution < -0.4 is 11.1 Å². The van der Waals surface area contributed by atoms with Crippen LogP contribution in [0.15, 0.2) is 42.5 Å². The van der Waals surface area contributed by atoms with Crippen LogP contribution in [-0.2, 0) is 26.2 Å². The van der Waals surface area contributed by atoms with E-state index in [9.17, 15) is 26.8 Å². The summed E-state index contributed by atoms with van der Waals surface area (Å²) in [4.78, 5) is 23.5. The molecule has 0 heterocycles. The standard InChI is InChI=1S/C21H22F2N4O4S/c1-13(21(29)26-16(11-24)10-19(25)28)27(32(2,30)31)12-14-6-8-15(9-7-14)17-4-3-5-18(22)20(17)23/h3-9,13,16H,10,12H2,1-2H3,(H2,25,28)(H,26,29)/t13-,16-/m0/s1. The normalized spacial score (nSPS) is 13.2. The number of primary amides is 1. The number of halogens is 2. The lowest BCUT2D eigenvalue weighted by Crippen LogP contribution is -2.50. The number of nitrogens with two attached hydrogens (primary N) is 1. The molecule has 11 heteroatoms. The summed E-state index contributed by atoms with van der Waals surface area (Å²) in [6.45, 7) is 1.15. The molecule has 0 aliphatic heterocycles. The first-order valence-corrected chi connectivity index (χ1v) is 11.3. The predicted molar refractivity (Wildman–Crippen MR) is 113 cm³/mol. The molecule has 0 bridgehead atoms. The molecule has 2 aromatic rings. The molecule has 32 heavy (non-hydrogen) atoms. The highest BCUT2D eigenvalue weighted by Crippen LogP contribution is 2.25. The van der Waals surface area contributed by atoms with Crippen molar-refractivity contribution in [2.75, 3.05) is 6.26 Å². The van der Waals surface area contributed by atoms with Gasteiger partial charge in [-0.05, 0) is 24.1 Å². The second-order valence-electron chi connectivity index (χ2n) is 7.14. The fraction of sp³-hybridized carbons (Fsp3) is 0.286. The van der Waals surface area contributed by atoms with Crippen molar-refractivity contribution in [3.63, 3.8) is 0 Å². The molecule has 2 atom stereocenters. The van der Waals surface area contributed by atoms with E-state index in [2.05, 4.69) is 5.32 Å². The average Bonchev–Trinajstić information content (AvgIpc) is 2.72. The van der Waals surface area contributed by atoms with Gasteiger partial charge in [-0.1, -0.05) is 36.4 Å². The monoisotopic (exact) mass is 464 g/mol. The van der Waals surface area contributed by atoms with Gasteiger partial charge in [-0.15, -0.1) is 0 Å². The van der Waals surface area contributed by atoms with Crippen molar-refractivity contribution in [2.45, 2.75) is 32.0 Å². The average molecular weight is 464 g/mol. The Morgan fingerprint density at radius 3 is 2.34 bits per heavy atom. The highest BCUT2D eigenvalue weighted by Gasteiger charge is 2.30. The molecular formula is C21H22F2N4O4S. The van der Waals surface area contributed by atoms with Crippen molar-refractivity contribution in [1.29, 1.82) is 5.26 Å². The van der Waals surface area contributed by atoms with Crippen molar-refractivity contribution in [3.8, 4) is 17.2 Å². The minimum Gasteiger partial charge on any atom is -0.370 e. The smallest absolute Gasteiger partial charge is 0.239 e. The Labute approximate surface area is 184 Å². The lowest BCUT2D eigenvalue weighted by atomic mass is 10.0. The molecule has 0 aromatic heterocycles. The van der Waals surface area contributed by atoms with E-state index in [0.29, 0.717) is 11.1 Å². The Hall–Kier alpha value is -3.36. The largest absolute Gasteiger partial charge is 0.370 e. The maximum Gasteiger partial charge on any atom is 0.239 e. The number of carbonyl (C=O) groups is 2. The SMILES string of the molecule is C[C@@H](C(=O)N[C@H](C#N)CC(N)=O)N(Cc1ccc(-c2cccc(F)c2F)cc1)S(C)(=O)=O. The van der Waals surface area contributed by atoms with Gasteiger partial charge in [0.25, 0.3) is 0 Å². The number of nitrogens with zero attached hydrogens (tertiary/aromatic N) is 2. The van der Waals surface area contributed by atoms with Gasteiger partial charge in [0.1, 0.15) is 12.1 Å². The third-order valence-electron chi connectivity index (χ3n) is 4.67. The van der Waals surface area contributed by atoms with Crippen LogP contribution in [0.4, 0.5) is 8.78 Å². The quantitative estimate of drug-likeness (QED) is 0.582. The van der Waals surface area contributed by atoms with Crippen LogP contribution in [0.2, 0.25) is 0 Å². The summed E-state index contributed by atoms with van der Waals surface area (Å²) in [5, 5.41) is 11.3. The van der Waals surface area contributed by atoms with Crippen LogP contribution in [0.5, 0.6) is 0 Å². The van der Waals surface area contributed by atoms with E-state index >= 15 is 0 Å². The second kappa shape index (κ2) is 10.3. The number of carbonyl (C=O) groups excluding carboxylic acids is 2. The van der Waals surface area contributed by atoms with E-state index < -0.39 is 52.0 Å². The van der Waals surface area contributed by atoms with Gasteiger partial charge in [-0.3, -0.25) is 9.59 Å². The highest BCUT2D eigenvalue weighted by atomic mass is 32.2. The van der Waals surface area contributed by atoms with Gasteiger partial charge in [0.05, 0.1) is 18.7 Å². The summed E-state index contributed by atoms with van der Waals surface area (Å²) in [7, 11) is -3.86. The highest BCUT2D eigenvalue weighted by molar-refractivity contribution is 7.88. The Balaban J connectivity index is 2.22. The van der Waals surface area contributed by atoms with Gasteiger partial charge in [-0.2, -0.15) is 9.57 Å². The molecule has 0 radical (unpaired) electrons. The zero-order valence-corrected chi connectivity index (χ0v) is 18.2. The molecule has 3 N–H and O–H groups in total. The van der Waals surface area contributed by atoms with E-state index in [1.807, 2.05) is 0 Å². The predicted octanol–water partition coefficient (Wildman–Crippen LogP) is 1.67. The number of sulfonamides is 1. The summed E-state index contributed by atoms with van der Waals surface area (Å²) in [5.41, 5.74) is 5.97. The molecule has 8 nitrogen and oxygen atoms in total. The minimum atomic E-state index is -3.86. The molecule has 170 valence electrons. The summed E-state index contributed by atoms with van der Waals surface area (Å²) < 4.78 is 53.0. The van der Waals surface area contributed by atoms with E-state index in [1.54, 1.807) is 6.07 Å². The number of rotatable bonds is 9. The lowest BCUT2D eigenvalue weighted by Gasteiger charge is -2.27. The lowest BCUT2D eigenvalue weighted by molar-refractivity contribution is -0.125. The molecule has 0 unspecified atom stereocenters. The van der Waals surface area contributed by atoms with Crippen LogP contribution in [0, 0.1) is 23.0 Å². The molecular weight excluding hydrogens is 442 g/mol. The zero-order chi connectivity index (χ0) is 24.1. The van der Waals surface area contributed by atoms with Crippen molar-refractivity contribution in [3.05, 3.63) is 59.7 Å². The maximum absolute atomic E-state index is 14.0.